The third kappa shape index (κ3) is 3.99. The summed E-state index contributed by atoms with van der Waals surface area (Å²) in [5.41, 5.74) is 0.766. The Labute approximate surface area is 167 Å². The number of benzene rings is 1. The predicted octanol–water partition coefficient (Wildman–Crippen LogP) is 1.12. The first-order valence-electron chi connectivity index (χ1n) is 9.64. The Morgan fingerprint density at radius 1 is 1.00 bits per heavy atom. The van der Waals surface area contributed by atoms with Gasteiger partial charge in [0.15, 0.2) is 0 Å². The zero-order valence-electron chi connectivity index (χ0n) is 15.9. The number of aromatic nitrogens is 2. The van der Waals surface area contributed by atoms with Gasteiger partial charge in [0.2, 0.25) is 0 Å². The highest BCUT2D eigenvalue weighted by Crippen LogP contribution is 2.23. The second-order valence-electron chi connectivity index (χ2n) is 7.29. The van der Waals surface area contributed by atoms with Crippen LogP contribution in [0.1, 0.15) is 12.8 Å². The van der Waals surface area contributed by atoms with Gasteiger partial charge in [-0.15, -0.1) is 0 Å². The molecule has 1 aromatic heterocycles. The molecule has 2 aromatic rings. The third-order valence-corrected chi connectivity index (χ3v) is 7.50. The molecule has 0 N–H and O–H groups in total. The van der Waals surface area contributed by atoms with Crippen molar-refractivity contribution in [2.75, 3.05) is 44.2 Å². The number of halogens is 2. The van der Waals surface area contributed by atoms with Crippen LogP contribution in [0.2, 0.25) is 0 Å². The van der Waals surface area contributed by atoms with Gasteiger partial charge in [-0.3, -0.25) is 9.36 Å². The largest absolute Gasteiger partial charge is 0.369 e. The minimum absolute atomic E-state index is 0.284. The summed E-state index contributed by atoms with van der Waals surface area (Å²) in [4.78, 5) is 18.5. The smallest absolute Gasteiger partial charge is 0.282 e. The molecule has 11 heteroatoms. The van der Waals surface area contributed by atoms with Crippen molar-refractivity contribution in [3.05, 3.63) is 34.9 Å². The lowest BCUT2D eigenvalue weighted by molar-refractivity contribution is 0.125. The van der Waals surface area contributed by atoms with Crippen LogP contribution in [0.25, 0.3) is 10.9 Å². The fourth-order valence-corrected chi connectivity index (χ4v) is 5.55. The van der Waals surface area contributed by atoms with Gasteiger partial charge in [-0.1, -0.05) is 0 Å². The average molecular weight is 427 g/mol. The van der Waals surface area contributed by atoms with Crippen LogP contribution < -0.4 is 10.5 Å². The molecular formula is C18H23F2N5O3S. The number of alkyl halides is 2. The second kappa shape index (κ2) is 7.96. The lowest BCUT2D eigenvalue weighted by Gasteiger charge is -2.37. The van der Waals surface area contributed by atoms with E-state index in [2.05, 4.69) is 4.98 Å². The van der Waals surface area contributed by atoms with Crippen LogP contribution in [0.15, 0.2) is 29.3 Å². The van der Waals surface area contributed by atoms with Gasteiger partial charge in [0.1, 0.15) is 0 Å². The number of piperazine rings is 1. The van der Waals surface area contributed by atoms with Crippen molar-refractivity contribution in [2.45, 2.75) is 25.8 Å². The molecule has 0 amide bonds. The molecule has 2 fully saturated rings. The molecule has 0 aliphatic carbocycles. The molecule has 0 bridgehead atoms. The quantitative estimate of drug-likeness (QED) is 0.715. The molecule has 4 rings (SSSR count). The fraction of sp³-hybridized carbons (Fsp3) is 0.556. The fourth-order valence-electron chi connectivity index (χ4n) is 3.88. The molecule has 0 unspecified atom stereocenters. The van der Waals surface area contributed by atoms with Crippen molar-refractivity contribution < 1.29 is 17.2 Å². The minimum Gasteiger partial charge on any atom is -0.369 e. The summed E-state index contributed by atoms with van der Waals surface area (Å²) >= 11 is 0. The molecule has 2 aliphatic rings. The van der Waals surface area contributed by atoms with Crippen LogP contribution in [0.5, 0.6) is 0 Å². The van der Waals surface area contributed by atoms with Crippen molar-refractivity contribution in [1.29, 1.82) is 0 Å². The highest BCUT2D eigenvalue weighted by molar-refractivity contribution is 7.86. The van der Waals surface area contributed by atoms with E-state index in [1.165, 1.54) is 4.31 Å². The Bertz CT molecular complexity index is 1050. The summed E-state index contributed by atoms with van der Waals surface area (Å²) in [6.07, 6.45) is 0.325. The summed E-state index contributed by atoms with van der Waals surface area (Å²) in [7, 11) is -3.40. The summed E-state index contributed by atoms with van der Waals surface area (Å²) < 4.78 is 54.5. The SMILES string of the molecule is O=c1c2ccc(N3CCN(S(=O)(=O)N4CCCC4)CC3)cc2ncn1CC(F)F. The number of hydrogen-bond acceptors (Lipinski definition) is 5. The van der Waals surface area contributed by atoms with Gasteiger partial charge in [-0.2, -0.15) is 17.0 Å². The maximum atomic E-state index is 12.7. The van der Waals surface area contributed by atoms with E-state index in [0.29, 0.717) is 44.8 Å². The van der Waals surface area contributed by atoms with Crippen LogP contribution in [-0.2, 0) is 16.8 Å². The highest BCUT2D eigenvalue weighted by Gasteiger charge is 2.33. The maximum Gasteiger partial charge on any atom is 0.282 e. The number of rotatable bonds is 5. The van der Waals surface area contributed by atoms with Crippen LogP contribution in [-0.4, -0.2) is 72.3 Å². The molecule has 3 heterocycles. The number of nitrogens with zero attached hydrogens (tertiary/aromatic N) is 5. The van der Waals surface area contributed by atoms with E-state index >= 15 is 0 Å². The number of fused-ring (bicyclic) bond motifs is 1. The number of anilines is 1. The Hall–Kier alpha value is -2.11. The molecule has 0 radical (unpaired) electrons. The lowest BCUT2D eigenvalue weighted by atomic mass is 10.2. The lowest BCUT2D eigenvalue weighted by Crippen LogP contribution is -2.52. The molecule has 0 saturated carbocycles. The molecular weight excluding hydrogens is 404 g/mol. The molecule has 0 atom stereocenters. The monoisotopic (exact) mass is 427 g/mol. The van der Waals surface area contributed by atoms with Crippen molar-refractivity contribution in [2.24, 2.45) is 0 Å². The summed E-state index contributed by atoms with van der Waals surface area (Å²) in [5, 5.41) is 0.284. The molecule has 2 aliphatic heterocycles. The van der Waals surface area contributed by atoms with Gasteiger partial charge in [-0.05, 0) is 31.0 Å². The van der Waals surface area contributed by atoms with Gasteiger partial charge < -0.3 is 4.90 Å². The van der Waals surface area contributed by atoms with Crippen LogP contribution in [0.4, 0.5) is 14.5 Å². The minimum atomic E-state index is -3.40. The van der Waals surface area contributed by atoms with Crippen molar-refractivity contribution in [3.8, 4) is 0 Å². The van der Waals surface area contributed by atoms with Crippen LogP contribution >= 0.6 is 0 Å². The molecule has 2 saturated heterocycles. The summed E-state index contributed by atoms with van der Waals surface area (Å²) in [5.74, 6) is 0. The molecule has 1 aromatic carbocycles. The Morgan fingerprint density at radius 2 is 1.66 bits per heavy atom. The Morgan fingerprint density at radius 3 is 2.31 bits per heavy atom. The molecule has 8 nitrogen and oxygen atoms in total. The first kappa shape index (κ1) is 20.2. The summed E-state index contributed by atoms with van der Waals surface area (Å²) in [6, 6.07) is 5.09. The maximum absolute atomic E-state index is 12.7. The zero-order valence-corrected chi connectivity index (χ0v) is 16.7. The highest BCUT2D eigenvalue weighted by atomic mass is 32.2. The molecule has 0 spiro atoms. The van der Waals surface area contributed by atoms with Crippen molar-refractivity contribution in [1.82, 2.24) is 18.2 Å². The summed E-state index contributed by atoms with van der Waals surface area (Å²) in [6.45, 7) is 2.32. The first-order valence-corrected chi connectivity index (χ1v) is 11.0. The first-order chi connectivity index (χ1) is 13.9. The normalized spacial score (nSPS) is 19.5. The van der Waals surface area contributed by atoms with Gasteiger partial charge in [-0.25, -0.2) is 13.8 Å². The van der Waals surface area contributed by atoms with E-state index in [9.17, 15) is 22.0 Å². The van der Waals surface area contributed by atoms with E-state index in [0.717, 1.165) is 29.4 Å². The standard InChI is InChI=1S/C18H23F2N5O3S/c19-17(20)12-23-13-21-16-11-14(3-4-15(16)18(23)26)22-7-9-25(10-8-22)29(27,28)24-5-1-2-6-24/h3-4,11,13,17H,1-2,5-10,12H2. The van der Waals surface area contributed by atoms with E-state index < -0.39 is 28.7 Å². The Balaban J connectivity index is 1.49. The van der Waals surface area contributed by atoms with Crippen molar-refractivity contribution in [3.63, 3.8) is 0 Å². The van der Waals surface area contributed by atoms with Gasteiger partial charge in [0.25, 0.3) is 22.2 Å². The van der Waals surface area contributed by atoms with E-state index in [4.69, 9.17) is 0 Å². The molecule has 158 valence electrons. The number of hydrogen-bond donors (Lipinski definition) is 0. The second-order valence-corrected chi connectivity index (χ2v) is 9.22. The van der Waals surface area contributed by atoms with E-state index in [1.54, 1.807) is 22.5 Å². The molecule has 29 heavy (non-hydrogen) atoms. The van der Waals surface area contributed by atoms with E-state index in [-0.39, 0.29) is 5.39 Å². The van der Waals surface area contributed by atoms with Crippen LogP contribution in [0, 0.1) is 0 Å². The topological polar surface area (TPSA) is 78.8 Å². The van der Waals surface area contributed by atoms with Gasteiger partial charge in [0.05, 0.1) is 23.8 Å². The third-order valence-electron chi connectivity index (χ3n) is 5.46. The van der Waals surface area contributed by atoms with Crippen LogP contribution in [0.3, 0.4) is 0 Å². The van der Waals surface area contributed by atoms with Crippen molar-refractivity contribution >= 4 is 26.8 Å². The Kier molecular flexibility index (Phi) is 5.54. The zero-order chi connectivity index (χ0) is 20.6. The predicted molar refractivity (Wildman–Crippen MR) is 106 cm³/mol. The van der Waals surface area contributed by atoms with Gasteiger partial charge in [0, 0.05) is 45.0 Å². The average Bonchev–Trinajstić information content (AvgIpc) is 3.25. The van der Waals surface area contributed by atoms with E-state index in [1.807, 2.05) is 4.90 Å². The van der Waals surface area contributed by atoms with Gasteiger partial charge >= 0.3 is 0 Å².